The zero-order valence-electron chi connectivity index (χ0n) is 16.8. The average molecular weight is 386 g/mol. The van der Waals surface area contributed by atoms with Crippen LogP contribution in [0.15, 0.2) is 53.8 Å². The number of ether oxygens (including phenoxy) is 2. The van der Waals surface area contributed by atoms with E-state index in [1.165, 1.54) is 0 Å². The zero-order chi connectivity index (χ0) is 20.2. The van der Waals surface area contributed by atoms with Gasteiger partial charge in [-0.1, -0.05) is 12.1 Å². The molecule has 2 rings (SSSR count). The summed E-state index contributed by atoms with van der Waals surface area (Å²) in [5, 5.41) is 16.7. The van der Waals surface area contributed by atoms with E-state index in [9.17, 15) is 5.11 Å². The fraction of sp³-hybridized carbons (Fsp3) is 0.429. The standard InChI is InChI=1S/C21H30N4O3/c1-4-23-21(24-12-13-27-19-6-5-11-22-14-19)25-15-20(26)17-7-9-18(10-8-17)28-16(2)3/h5-11,14,16,20,26H,4,12-13,15H2,1-3H3,(H2,23,24,25). The summed E-state index contributed by atoms with van der Waals surface area (Å²) in [6, 6.07) is 11.1. The summed E-state index contributed by atoms with van der Waals surface area (Å²) in [6.07, 6.45) is 2.82. The van der Waals surface area contributed by atoms with E-state index >= 15 is 0 Å². The summed E-state index contributed by atoms with van der Waals surface area (Å²) >= 11 is 0. The third kappa shape index (κ3) is 7.84. The molecule has 0 fully saturated rings. The molecule has 1 atom stereocenters. The lowest BCUT2D eigenvalue weighted by molar-refractivity contribution is 0.186. The molecule has 0 aliphatic rings. The molecule has 0 aliphatic heterocycles. The highest BCUT2D eigenvalue weighted by atomic mass is 16.5. The normalized spacial score (nSPS) is 12.5. The summed E-state index contributed by atoms with van der Waals surface area (Å²) in [6.45, 7) is 8.00. The summed E-state index contributed by atoms with van der Waals surface area (Å²) in [4.78, 5) is 8.46. The highest BCUT2D eigenvalue weighted by molar-refractivity contribution is 5.79. The van der Waals surface area contributed by atoms with Crippen LogP contribution in [0.2, 0.25) is 0 Å². The third-order valence-corrected chi connectivity index (χ3v) is 3.70. The Labute approximate surface area is 166 Å². The molecule has 0 amide bonds. The van der Waals surface area contributed by atoms with Gasteiger partial charge in [0.2, 0.25) is 0 Å². The van der Waals surface area contributed by atoms with Gasteiger partial charge in [0.05, 0.1) is 31.5 Å². The van der Waals surface area contributed by atoms with E-state index in [1.54, 1.807) is 12.4 Å². The second kappa shape index (κ2) is 11.8. The van der Waals surface area contributed by atoms with Gasteiger partial charge in [-0.25, -0.2) is 0 Å². The van der Waals surface area contributed by atoms with E-state index in [-0.39, 0.29) is 12.6 Å². The van der Waals surface area contributed by atoms with Crippen molar-refractivity contribution >= 4 is 5.96 Å². The molecule has 0 aliphatic carbocycles. The highest BCUT2D eigenvalue weighted by Crippen LogP contribution is 2.19. The lowest BCUT2D eigenvalue weighted by atomic mass is 10.1. The van der Waals surface area contributed by atoms with Crippen molar-refractivity contribution in [1.82, 2.24) is 15.6 Å². The molecular weight excluding hydrogens is 356 g/mol. The van der Waals surface area contributed by atoms with Crippen LogP contribution in [-0.2, 0) is 0 Å². The van der Waals surface area contributed by atoms with Crippen molar-refractivity contribution in [2.24, 2.45) is 4.99 Å². The Morgan fingerprint density at radius 1 is 1.14 bits per heavy atom. The van der Waals surface area contributed by atoms with Gasteiger partial charge in [0.25, 0.3) is 0 Å². The van der Waals surface area contributed by atoms with Crippen molar-refractivity contribution in [2.75, 3.05) is 26.2 Å². The molecule has 0 saturated heterocycles. The van der Waals surface area contributed by atoms with E-state index in [4.69, 9.17) is 9.47 Å². The van der Waals surface area contributed by atoms with Crippen LogP contribution in [0.5, 0.6) is 11.5 Å². The van der Waals surface area contributed by atoms with Gasteiger partial charge in [-0.05, 0) is 50.6 Å². The summed E-state index contributed by atoms with van der Waals surface area (Å²) < 4.78 is 11.2. The summed E-state index contributed by atoms with van der Waals surface area (Å²) in [7, 11) is 0. The lowest BCUT2D eigenvalue weighted by Crippen LogP contribution is -2.39. The Balaban J connectivity index is 1.81. The maximum Gasteiger partial charge on any atom is 0.191 e. The zero-order valence-corrected chi connectivity index (χ0v) is 16.8. The van der Waals surface area contributed by atoms with Gasteiger partial charge in [0.1, 0.15) is 18.1 Å². The molecule has 1 heterocycles. The van der Waals surface area contributed by atoms with Crippen molar-refractivity contribution in [3.63, 3.8) is 0 Å². The quantitative estimate of drug-likeness (QED) is 0.330. The number of hydrogen-bond acceptors (Lipinski definition) is 5. The monoisotopic (exact) mass is 386 g/mol. The maximum atomic E-state index is 10.4. The van der Waals surface area contributed by atoms with Gasteiger partial charge in [-0.2, -0.15) is 0 Å². The Bertz CT molecular complexity index is 705. The van der Waals surface area contributed by atoms with Crippen LogP contribution in [-0.4, -0.2) is 48.4 Å². The molecule has 0 radical (unpaired) electrons. The number of hydrogen-bond donors (Lipinski definition) is 3. The van der Waals surface area contributed by atoms with Gasteiger partial charge in [-0.15, -0.1) is 0 Å². The van der Waals surface area contributed by atoms with Crippen molar-refractivity contribution in [1.29, 1.82) is 0 Å². The molecule has 3 N–H and O–H groups in total. The Morgan fingerprint density at radius 2 is 1.93 bits per heavy atom. The first-order valence-corrected chi connectivity index (χ1v) is 9.58. The minimum Gasteiger partial charge on any atom is -0.491 e. The minimum absolute atomic E-state index is 0.122. The number of pyridine rings is 1. The molecular formula is C21H30N4O3. The van der Waals surface area contributed by atoms with Crippen LogP contribution >= 0.6 is 0 Å². The number of aliphatic hydroxyl groups is 1. The Hall–Kier alpha value is -2.80. The van der Waals surface area contributed by atoms with Crippen molar-refractivity contribution in [3.8, 4) is 11.5 Å². The SMILES string of the molecule is CCNC(=NCC(O)c1ccc(OC(C)C)cc1)NCCOc1cccnc1. The molecule has 1 aromatic heterocycles. The molecule has 0 spiro atoms. The van der Waals surface area contributed by atoms with Crippen molar-refractivity contribution < 1.29 is 14.6 Å². The number of aliphatic imine (C=N–C) groups is 1. The number of aromatic nitrogens is 1. The Morgan fingerprint density at radius 3 is 2.57 bits per heavy atom. The van der Waals surface area contributed by atoms with Crippen LogP contribution in [0.1, 0.15) is 32.4 Å². The van der Waals surface area contributed by atoms with E-state index in [0.717, 1.165) is 23.6 Å². The molecule has 28 heavy (non-hydrogen) atoms. The predicted octanol–water partition coefficient (Wildman–Crippen LogP) is 2.54. The highest BCUT2D eigenvalue weighted by Gasteiger charge is 2.08. The van der Waals surface area contributed by atoms with Gasteiger partial charge in [0.15, 0.2) is 5.96 Å². The molecule has 1 unspecified atom stereocenters. The molecule has 1 aromatic carbocycles. The number of guanidine groups is 1. The fourth-order valence-corrected chi connectivity index (χ4v) is 2.44. The van der Waals surface area contributed by atoms with Gasteiger partial charge in [0, 0.05) is 12.7 Å². The van der Waals surface area contributed by atoms with Crippen LogP contribution in [0.25, 0.3) is 0 Å². The van der Waals surface area contributed by atoms with Crippen LogP contribution in [0.4, 0.5) is 0 Å². The number of aliphatic hydroxyl groups excluding tert-OH is 1. The number of nitrogens with zero attached hydrogens (tertiary/aromatic N) is 2. The van der Waals surface area contributed by atoms with E-state index in [2.05, 4.69) is 20.6 Å². The molecule has 0 bridgehead atoms. The van der Waals surface area contributed by atoms with Crippen LogP contribution in [0, 0.1) is 0 Å². The second-order valence-electron chi connectivity index (χ2n) is 6.44. The molecule has 2 aromatic rings. The summed E-state index contributed by atoms with van der Waals surface area (Å²) in [5.74, 6) is 2.15. The molecule has 7 heteroatoms. The van der Waals surface area contributed by atoms with Crippen LogP contribution in [0.3, 0.4) is 0 Å². The third-order valence-electron chi connectivity index (χ3n) is 3.70. The largest absolute Gasteiger partial charge is 0.491 e. The smallest absolute Gasteiger partial charge is 0.191 e. The van der Waals surface area contributed by atoms with Gasteiger partial charge in [-0.3, -0.25) is 9.98 Å². The van der Waals surface area contributed by atoms with E-state index in [0.29, 0.717) is 19.1 Å². The topological polar surface area (TPSA) is 88.0 Å². The lowest BCUT2D eigenvalue weighted by Gasteiger charge is -2.14. The predicted molar refractivity (Wildman–Crippen MR) is 111 cm³/mol. The Kier molecular flexibility index (Phi) is 9.07. The van der Waals surface area contributed by atoms with E-state index < -0.39 is 6.10 Å². The first-order valence-electron chi connectivity index (χ1n) is 9.58. The number of rotatable bonds is 10. The molecule has 152 valence electrons. The summed E-state index contributed by atoms with van der Waals surface area (Å²) in [5.41, 5.74) is 0.801. The van der Waals surface area contributed by atoms with E-state index in [1.807, 2.05) is 57.2 Å². The first-order chi connectivity index (χ1) is 13.6. The van der Waals surface area contributed by atoms with Gasteiger partial charge >= 0.3 is 0 Å². The number of nitrogens with one attached hydrogen (secondary N) is 2. The van der Waals surface area contributed by atoms with Crippen molar-refractivity contribution in [3.05, 3.63) is 54.4 Å². The maximum absolute atomic E-state index is 10.4. The first kappa shape index (κ1) is 21.5. The van der Waals surface area contributed by atoms with Gasteiger partial charge < -0.3 is 25.2 Å². The molecule has 0 saturated carbocycles. The van der Waals surface area contributed by atoms with Crippen molar-refractivity contribution in [2.45, 2.75) is 33.0 Å². The average Bonchev–Trinajstić information content (AvgIpc) is 2.70. The molecule has 7 nitrogen and oxygen atoms in total. The number of benzene rings is 1. The van der Waals surface area contributed by atoms with Crippen LogP contribution < -0.4 is 20.1 Å². The minimum atomic E-state index is -0.685. The fourth-order valence-electron chi connectivity index (χ4n) is 2.44. The second-order valence-corrected chi connectivity index (χ2v) is 6.44.